The maximum atomic E-state index is 12.7. The van der Waals surface area contributed by atoms with Crippen molar-refractivity contribution in [2.75, 3.05) is 26.6 Å². The number of hydrogen-bond acceptors (Lipinski definition) is 8. The molecule has 0 aliphatic carbocycles. The molecule has 1 amide bonds. The number of amides is 1. The lowest BCUT2D eigenvalue weighted by Gasteiger charge is -2.25. The smallest absolute Gasteiger partial charge is 0.226 e. The number of nitrogens with zero attached hydrogens (tertiary/aromatic N) is 6. The Morgan fingerprint density at radius 1 is 1.06 bits per heavy atom. The fourth-order valence-electron chi connectivity index (χ4n) is 4.13. The van der Waals surface area contributed by atoms with Crippen LogP contribution in [-0.2, 0) is 4.79 Å². The number of aryl methyl sites for hydroxylation is 1. The van der Waals surface area contributed by atoms with Crippen molar-refractivity contribution in [2.45, 2.75) is 19.3 Å². The highest BCUT2D eigenvalue weighted by atomic mass is 16.5. The van der Waals surface area contributed by atoms with Gasteiger partial charge >= 0.3 is 0 Å². The number of carbonyl (C=O) groups excluding carboxylic acids is 1. The van der Waals surface area contributed by atoms with Crippen LogP contribution in [-0.4, -0.2) is 56.8 Å². The summed E-state index contributed by atoms with van der Waals surface area (Å²) in [5.74, 6) is 2.30. The van der Waals surface area contributed by atoms with E-state index >= 15 is 0 Å². The SMILES string of the molecule is COc1cc([C@@H]2CC(=O)Nc3c2c(C)nn3-c2ccc3nncn3n2)cc(OC)c1OC. The molecule has 0 bridgehead atoms. The molecular weight excluding hydrogens is 414 g/mol. The van der Waals surface area contributed by atoms with Crippen LogP contribution < -0.4 is 19.5 Å². The summed E-state index contributed by atoms with van der Waals surface area (Å²) in [7, 11) is 4.69. The molecule has 32 heavy (non-hydrogen) atoms. The summed E-state index contributed by atoms with van der Waals surface area (Å²) in [6.45, 7) is 1.91. The van der Waals surface area contributed by atoms with Crippen molar-refractivity contribution in [1.29, 1.82) is 0 Å². The molecular formula is C21H21N7O4. The maximum Gasteiger partial charge on any atom is 0.226 e. The van der Waals surface area contributed by atoms with Gasteiger partial charge in [0, 0.05) is 17.9 Å². The second kappa shape index (κ2) is 7.52. The molecule has 1 aromatic carbocycles. The van der Waals surface area contributed by atoms with Gasteiger partial charge in [0.1, 0.15) is 12.1 Å². The van der Waals surface area contributed by atoms with Crippen molar-refractivity contribution >= 4 is 17.4 Å². The van der Waals surface area contributed by atoms with E-state index in [1.807, 2.05) is 19.1 Å². The molecule has 4 aromatic rings. The van der Waals surface area contributed by atoms with Crippen LogP contribution in [0.5, 0.6) is 17.2 Å². The van der Waals surface area contributed by atoms with Gasteiger partial charge in [0.2, 0.25) is 11.7 Å². The number of aromatic nitrogens is 6. The molecule has 1 aliphatic rings. The number of fused-ring (bicyclic) bond motifs is 2. The summed E-state index contributed by atoms with van der Waals surface area (Å²) in [5.41, 5.74) is 3.17. The minimum Gasteiger partial charge on any atom is -0.493 e. The van der Waals surface area contributed by atoms with Gasteiger partial charge < -0.3 is 19.5 Å². The summed E-state index contributed by atoms with van der Waals surface area (Å²) >= 11 is 0. The first-order chi connectivity index (χ1) is 15.5. The Balaban J connectivity index is 1.67. The Bertz CT molecular complexity index is 1320. The van der Waals surface area contributed by atoms with Crippen LogP contribution in [0.1, 0.15) is 29.2 Å². The summed E-state index contributed by atoms with van der Waals surface area (Å²) in [6.07, 6.45) is 1.77. The summed E-state index contributed by atoms with van der Waals surface area (Å²) in [6, 6.07) is 7.31. The second-order valence-electron chi connectivity index (χ2n) is 7.35. The Morgan fingerprint density at radius 2 is 1.81 bits per heavy atom. The van der Waals surface area contributed by atoms with E-state index in [1.54, 1.807) is 42.7 Å². The molecule has 0 radical (unpaired) electrons. The monoisotopic (exact) mass is 435 g/mol. The average molecular weight is 435 g/mol. The zero-order chi connectivity index (χ0) is 22.4. The van der Waals surface area contributed by atoms with Gasteiger partial charge in [-0.3, -0.25) is 4.79 Å². The number of carbonyl (C=O) groups is 1. The first-order valence-corrected chi connectivity index (χ1v) is 9.90. The molecule has 1 N–H and O–H groups in total. The van der Waals surface area contributed by atoms with Gasteiger partial charge in [0.05, 0.1) is 27.0 Å². The van der Waals surface area contributed by atoms with Crippen molar-refractivity contribution in [3.8, 4) is 23.1 Å². The number of benzene rings is 1. The van der Waals surface area contributed by atoms with Gasteiger partial charge in [0.25, 0.3) is 0 Å². The predicted molar refractivity (Wildman–Crippen MR) is 114 cm³/mol. The van der Waals surface area contributed by atoms with E-state index in [-0.39, 0.29) is 18.2 Å². The lowest BCUT2D eigenvalue weighted by Crippen LogP contribution is -2.25. The maximum absolute atomic E-state index is 12.7. The largest absolute Gasteiger partial charge is 0.493 e. The van der Waals surface area contributed by atoms with Crippen LogP contribution in [0.25, 0.3) is 11.5 Å². The molecule has 1 atom stereocenters. The molecule has 4 heterocycles. The minimum atomic E-state index is -0.250. The number of hydrogen-bond donors (Lipinski definition) is 1. The zero-order valence-electron chi connectivity index (χ0n) is 18.0. The first-order valence-electron chi connectivity index (χ1n) is 9.90. The zero-order valence-corrected chi connectivity index (χ0v) is 18.0. The van der Waals surface area contributed by atoms with Crippen LogP contribution >= 0.6 is 0 Å². The Kier molecular flexibility index (Phi) is 4.65. The Labute approximate surface area is 182 Å². The molecule has 0 spiro atoms. The van der Waals surface area contributed by atoms with Gasteiger partial charge in [-0.15, -0.1) is 15.3 Å². The number of anilines is 1. The fraction of sp³-hybridized carbons (Fsp3) is 0.286. The average Bonchev–Trinajstić information content (AvgIpc) is 3.41. The van der Waals surface area contributed by atoms with Crippen molar-refractivity contribution < 1.29 is 19.0 Å². The minimum absolute atomic E-state index is 0.122. The molecule has 164 valence electrons. The van der Waals surface area contributed by atoms with Gasteiger partial charge in [-0.25, -0.2) is 0 Å². The van der Waals surface area contributed by atoms with Crippen LogP contribution in [0, 0.1) is 6.92 Å². The lowest BCUT2D eigenvalue weighted by molar-refractivity contribution is -0.116. The Morgan fingerprint density at radius 3 is 2.50 bits per heavy atom. The first kappa shape index (κ1) is 19.8. The van der Waals surface area contributed by atoms with Gasteiger partial charge in [-0.2, -0.15) is 14.3 Å². The summed E-state index contributed by atoms with van der Waals surface area (Å²) < 4.78 is 19.6. The fourth-order valence-corrected chi connectivity index (χ4v) is 4.13. The highest BCUT2D eigenvalue weighted by Crippen LogP contribution is 2.45. The third kappa shape index (κ3) is 3.01. The number of nitrogens with one attached hydrogen (secondary N) is 1. The molecule has 3 aromatic heterocycles. The molecule has 1 aliphatic heterocycles. The van der Waals surface area contributed by atoms with Crippen LogP contribution in [0.3, 0.4) is 0 Å². The van der Waals surface area contributed by atoms with Crippen molar-refractivity contribution in [3.63, 3.8) is 0 Å². The van der Waals surface area contributed by atoms with Crippen molar-refractivity contribution in [3.05, 3.63) is 47.4 Å². The molecule has 0 saturated heterocycles. The van der Waals surface area contributed by atoms with Crippen molar-refractivity contribution in [1.82, 2.24) is 29.6 Å². The third-order valence-corrected chi connectivity index (χ3v) is 5.56. The molecule has 11 heteroatoms. The third-order valence-electron chi connectivity index (χ3n) is 5.56. The van der Waals surface area contributed by atoms with E-state index in [4.69, 9.17) is 14.2 Å². The summed E-state index contributed by atoms with van der Waals surface area (Å²) in [5, 5.41) is 20.0. The van der Waals surface area contributed by atoms with E-state index < -0.39 is 0 Å². The second-order valence-corrected chi connectivity index (χ2v) is 7.35. The lowest BCUT2D eigenvalue weighted by atomic mass is 9.85. The van der Waals surface area contributed by atoms with Gasteiger partial charge in [0.15, 0.2) is 23.0 Å². The van der Waals surface area contributed by atoms with Crippen molar-refractivity contribution in [2.24, 2.45) is 0 Å². The quantitative estimate of drug-likeness (QED) is 0.507. The predicted octanol–water partition coefficient (Wildman–Crippen LogP) is 2.12. The molecule has 0 saturated carbocycles. The van der Waals surface area contributed by atoms with E-state index in [0.717, 1.165) is 16.8 Å². The molecule has 0 fully saturated rings. The number of methoxy groups -OCH3 is 3. The van der Waals surface area contributed by atoms with Crippen LogP contribution in [0.4, 0.5) is 5.82 Å². The van der Waals surface area contributed by atoms with Crippen LogP contribution in [0.2, 0.25) is 0 Å². The molecule has 11 nitrogen and oxygen atoms in total. The normalized spacial score (nSPS) is 15.4. The van der Waals surface area contributed by atoms with Gasteiger partial charge in [-0.1, -0.05) is 0 Å². The summed E-state index contributed by atoms with van der Waals surface area (Å²) in [4.78, 5) is 12.7. The highest BCUT2D eigenvalue weighted by Gasteiger charge is 2.34. The Hall–Kier alpha value is -4.15. The van der Waals surface area contributed by atoms with E-state index in [1.165, 1.54) is 6.33 Å². The standard InChI is InChI=1S/C21H21N7O4/c1-11-19-13(12-7-14(30-2)20(32-4)15(8-12)31-3)9-18(29)23-21(19)28(25-11)17-6-5-16-24-22-10-27(16)26-17/h5-8,10,13H,9H2,1-4H3,(H,23,29)/t13-/m0/s1. The number of ether oxygens (including phenoxy) is 3. The van der Waals surface area contributed by atoms with E-state index in [2.05, 4.69) is 25.7 Å². The topological polar surface area (TPSA) is 118 Å². The number of rotatable bonds is 5. The van der Waals surface area contributed by atoms with E-state index in [0.29, 0.717) is 34.5 Å². The van der Waals surface area contributed by atoms with Crippen LogP contribution in [0.15, 0.2) is 30.6 Å². The highest BCUT2D eigenvalue weighted by molar-refractivity contribution is 5.95. The van der Waals surface area contributed by atoms with Gasteiger partial charge in [-0.05, 0) is 36.8 Å². The molecule has 0 unspecified atom stereocenters. The van der Waals surface area contributed by atoms with E-state index in [9.17, 15) is 4.79 Å². The molecule has 5 rings (SSSR count).